The van der Waals surface area contributed by atoms with Crippen LogP contribution >= 0.6 is 0 Å². The highest BCUT2D eigenvalue weighted by molar-refractivity contribution is 5.98. The molecule has 0 aromatic rings. The van der Waals surface area contributed by atoms with Crippen LogP contribution in [0.5, 0.6) is 0 Å². The maximum absolute atomic E-state index is 10.9. The van der Waals surface area contributed by atoms with E-state index in [1.54, 1.807) is 6.08 Å². The van der Waals surface area contributed by atoms with E-state index in [1.807, 2.05) is 6.08 Å². The Balaban J connectivity index is 2.33. The molecule has 2 atom stereocenters. The van der Waals surface area contributed by atoms with Crippen molar-refractivity contribution in [2.75, 3.05) is 0 Å². The van der Waals surface area contributed by atoms with Crippen molar-refractivity contribution in [3.8, 4) is 0 Å². The Kier molecular flexibility index (Phi) is 0.655. The molecule has 2 rings (SSSR count). The lowest BCUT2D eigenvalue weighted by atomic mass is 10.0. The summed E-state index contributed by atoms with van der Waals surface area (Å²) in [5, 5.41) is 0. The molecular formula is C8H10O. The Bertz CT molecular complexity index is 201. The lowest BCUT2D eigenvalue weighted by Crippen LogP contribution is -2.01. The summed E-state index contributed by atoms with van der Waals surface area (Å²) in [5.41, 5.74) is 0.297. The molecule has 0 heterocycles. The van der Waals surface area contributed by atoms with Gasteiger partial charge in [0.2, 0.25) is 0 Å². The van der Waals surface area contributed by atoms with Gasteiger partial charge in [0.25, 0.3) is 0 Å². The van der Waals surface area contributed by atoms with Gasteiger partial charge in [-0.3, -0.25) is 4.79 Å². The second-order valence-electron chi connectivity index (χ2n) is 3.59. The number of carbonyl (C=O) groups is 1. The molecule has 0 unspecified atom stereocenters. The maximum atomic E-state index is 10.9. The van der Waals surface area contributed by atoms with Crippen LogP contribution in [0, 0.1) is 17.3 Å². The molecule has 9 heavy (non-hydrogen) atoms. The summed E-state index contributed by atoms with van der Waals surface area (Å²) in [6.07, 6.45) is 3.77. The number of allylic oxidation sites excluding steroid dienone is 2. The Labute approximate surface area is 54.8 Å². The van der Waals surface area contributed by atoms with Gasteiger partial charge in [-0.2, -0.15) is 0 Å². The number of ketones is 1. The second-order valence-corrected chi connectivity index (χ2v) is 3.59. The van der Waals surface area contributed by atoms with Crippen molar-refractivity contribution in [1.29, 1.82) is 0 Å². The van der Waals surface area contributed by atoms with Crippen molar-refractivity contribution in [2.45, 2.75) is 13.8 Å². The van der Waals surface area contributed by atoms with Gasteiger partial charge in [0.1, 0.15) is 0 Å². The summed E-state index contributed by atoms with van der Waals surface area (Å²) in [5.74, 6) is 1.26. The first-order chi connectivity index (χ1) is 4.14. The average molecular weight is 122 g/mol. The molecule has 1 fully saturated rings. The topological polar surface area (TPSA) is 17.1 Å². The molecule has 0 bridgehead atoms. The van der Waals surface area contributed by atoms with E-state index in [1.165, 1.54) is 0 Å². The minimum atomic E-state index is 0.297. The van der Waals surface area contributed by atoms with Crippen molar-refractivity contribution in [1.82, 2.24) is 0 Å². The third-order valence-corrected chi connectivity index (χ3v) is 2.69. The zero-order chi connectivity index (χ0) is 6.65. The summed E-state index contributed by atoms with van der Waals surface area (Å²) in [6.45, 7) is 4.31. The highest BCUT2D eigenvalue weighted by Crippen LogP contribution is 2.62. The van der Waals surface area contributed by atoms with Crippen LogP contribution in [0.1, 0.15) is 13.8 Å². The van der Waals surface area contributed by atoms with Gasteiger partial charge in [-0.1, -0.05) is 19.9 Å². The smallest absolute Gasteiger partial charge is 0.159 e. The third-order valence-electron chi connectivity index (χ3n) is 2.69. The van der Waals surface area contributed by atoms with E-state index >= 15 is 0 Å². The molecular weight excluding hydrogens is 112 g/mol. The Morgan fingerprint density at radius 2 is 2.22 bits per heavy atom. The molecule has 1 heteroatoms. The van der Waals surface area contributed by atoms with E-state index in [-0.39, 0.29) is 0 Å². The van der Waals surface area contributed by atoms with Gasteiger partial charge in [0.15, 0.2) is 5.78 Å². The van der Waals surface area contributed by atoms with Crippen molar-refractivity contribution in [3.05, 3.63) is 12.2 Å². The SMILES string of the molecule is CC1(C)[C@@H]2C=CC(=O)[C@@H]21. The van der Waals surface area contributed by atoms with Gasteiger partial charge in [-0.05, 0) is 17.4 Å². The molecule has 0 aromatic carbocycles. The molecule has 0 amide bonds. The first-order valence-corrected chi connectivity index (χ1v) is 3.36. The quantitative estimate of drug-likeness (QED) is 0.474. The summed E-state index contributed by atoms with van der Waals surface area (Å²) in [7, 11) is 0. The lowest BCUT2D eigenvalue weighted by molar-refractivity contribution is -0.116. The monoisotopic (exact) mass is 122 g/mol. The minimum Gasteiger partial charge on any atom is -0.295 e. The van der Waals surface area contributed by atoms with Gasteiger partial charge in [0, 0.05) is 5.92 Å². The van der Waals surface area contributed by atoms with E-state index in [0.29, 0.717) is 23.0 Å². The molecule has 0 radical (unpaired) electrons. The number of hydrogen-bond acceptors (Lipinski definition) is 1. The fraction of sp³-hybridized carbons (Fsp3) is 0.625. The van der Waals surface area contributed by atoms with Gasteiger partial charge < -0.3 is 0 Å². The third kappa shape index (κ3) is 0.432. The van der Waals surface area contributed by atoms with Crippen molar-refractivity contribution in [2.24, 2.45) is 17.3 Å². The van der Waals surface area contributed by atoms with Crippen LogP contribution in [0.15, 0.2) is 12.2 Å². The highest BCUT2D eigenvalue weighted by Gasteiger charge is 2.61. The predicted molar refractivity (Wildman–Crippen MR) is 34.9 cm³/mol. The second kappa shape index (κ2) is 1.13. The summed E-state index contributed by atoms with van der Waals surface area (Å²) >= 11 is 0. The van der Waals surface area contributed by atoms with Crippen molar-refractivity contribution in [3.63, 3.8) is 0 Å². The van der Waals surface area contributed by atoms with Gasteiger partial charge in [-0.25, -0.2) is 0 Å². The fourth-order valence-corrected chi connectivity index (χ4v) is 1.88. The first-order valence-electron chi connectivity index (χ1n) is 3.36. The van der Waals surface area contributed by atoms with Gasteiger partial charge in [0.05, 0.1) is 0 Å². The van der Waals surface area contributed by atoms with E-state index < -0.39 is 0 Å². The zero-order valence-corrected chi connectivity index (χ0v) is 5.72. The predicted octanol–water partition coefficient (Wildman–Crippen LogP) is 1.40. The normalized spacial score (nSPS) is 43.1. The van der Waals surface area contributed by atoms with E-state index in [0.717, 1.165) is 0 Å². The van der Waals surface area contributed by atoms with E-state index in [4.69, 9.17) is 0 Å². The molecule has 1 nitrogen and oxygen atoms in total. The Hall–Kier alpha value is -0.590. The molecule has 0 saturated heterocycles. The number of fused-ring (bicyclic) bond motifs is 1. The molecule has 0 aromatic heterocycles. The largest absolute Gasteiger partial charge is 0.295 e. The molecule has 0 N–H and O–H groups in total. The van der Waals surface area contributed by atoms with Gasteiger partial charge in [-0.15, -0.1) is 0 Å². The molecule has 0 spiro atoms. The van der Waals surface area contributed by atoms with Crippen LogP contribution in [-0.2, 0) is 4.79 Å². The molecule has 1 saturated carbocycles. The summed E-state index contributed by atoms with van der Waals surface area (Å²) in [6, 6.07) is 0. The molecule has 48 valence electrons. The first kappa shape index (κ1) is 5.21. The summed E-state index contributed by atoms with van der Waals surface area (Å²) in [4.78, 5) is 10.9. The minimum absolute atomic E-state index is 0.297. The van der Waals surface area contributed by atoms with E-state index in [9.17, 15) is 4.79 Å². The zero-order valence-electron chi connectivity index (χ0n) is 5.72. The Morgan fingerprint density at radius 3 is 2.44 bits per heavy atom. The standard InChI is InChI=1S/C8H10O/c1-8(2)5-3-4-6(9)7(5)8/h3-5,7H,1-2H3/t5-,7-/m1/s1. The lowest BCUT2D eigenvalue weighted by Gasteiger charge is -1.99. The van der Waals surface area contributed by atoms with Crippen LogP contribution in [-0.4, -0.2) is 5.78 Å². The number of rotatable bonds is 0. The van der Waals surface area contributed by atoms with Crippen LogP contribution in [0.2, 0.25) is 0 Å². The summed E-state index contributed by atoms with van der Waals surface area (Å²) < 4.78 is 0. The van der Waals surface area contributed by atoms with Gasteiger partial charge >= 0.3 is 0 Å². The van der Waals surface area contributed by atoms with Crippen molar-refractivity contribution < 1.29 is 4.79 Å². The Morgan fingerprint density at radius 1 is 1.56 bits per heavy atom. The fourth-order valence-electron chi connectivity index (χ4n) is 1.88. The molecule has 2 aliphatic rings. The van der Waals surface area contributed by atoms with E-state index in [2.05, 4.69) is 13.8 Å². The average Bonchev–Trinajstić information content (AvgIpc) is 2.19. The molecule has 2 aliphatic carbocycles. The van der Waals surface area contributed by atoms with Crippen LogP contribution < -0.4 is 0 Å². The maximum Gasteiger partial charge on any atom is 0.159 e. The highest BCUT2D eigenvalue weighted by atomic mass is 16.1. The number of hydrogen-bond donors (Lipinski definition) is 0. The number of carbonyl (C=O) groups excluding carboxylic acids is 1. The van der Waals surface area contributed by atoms with Crippen LogP contribution in [0.25, 0.3) is 0 Å². The van der Waals surface area contributed by atoms with Crippen molar-refractivity contribution >= 4 is 5.78 Å². The molecule has 0 aliphatic heterocycles. The van der Waals surface area contributed by atoms with Crippen LogP contribution in [0.3, 0.4) is 0 Å². The van der Waals surface area contributed by atoms with Crippen LogP contribution in [0.4, 0.5) is 0 Å².